The summed E-state index contributed by atoms with van der Waals surface area (Å²) in [5.41, 5.74) is 0. The molecule has 1 fully saturated rings. The van der Waals surface area contributed by atoms with Crippen LogP contribution < -0.4 is 0 Å². The number of hydrogen-bond donors (Lipinski definition) is 0. The van der Waals surface area contributed by atoms with Crippen LogP contribution >= 0.6 is 0 Å². The minimum atomic E-state index is -3.28. The Kier molecular flexibility index (Phi) is 4.28. The first-order chi connectivity index (χ1) is 7.37. The normalized spacial score (nSPS) is 26.1. The third-order valence-electron chi connectivity index (χ3n) is 2.56. The topological polar surface area (TPSA) is 72.9 Å². The molecule has 0 aliphatic carbocycles. The van der Waals surface area contributed by atoms with E-state index in [1.807, 2.05) is 0 Å². The van der Waals surface area contributed by atoms with Crippen LogP contribution in [0.2, 0.25) is 0 Å². The van der Waals surface area contributed by atoms with Gasteiger partial charge in [-0.25, -0.2) is 8.42 Å². The molecule has 2 atom stereocenters. The van der Waals surface area contributed by atoms with Crippen LogP contribution in [0.5, 0.6) is 0 Å². The quantitative estimate of drug-likeness (QED) is 0.634. The van der Waals surface area contributed by atoms with E-state index in [4.69, 9.17) is 9.47 Å². The van der Waals surface area contributed by atoms with E-state index in [2.05, 4.69) is 0 Å². The molecule has 1 saturated heterocycles. The average molecular weight is 251 g/mol. The predicted molar refractivity (Wildman–Crippen MR) is 57.9 cm³/mol. The maximum absolute atomic E-state index is 11.6. The fraction of sp³-hybridized carbons (Fsp3) is 0.889. The van der Waals surface area contributed by atoms with Gasteiger partial charge >= 0.3 is 0 Å². The number of likely N-dealkylation sites (tertiary alicyclic amines) is 1. The summed E-state index contributed by atoms with van der Waals surface area (Å²) in [5, 5.41) is 0. The summed E-state index contributed by atoms with van der Waals surface area (Å²) in [7, 11) is -0.196. The van der Waals surface area contributed by atoms with Gasteiger partial charge in [0.25, 0.3) is 0 Å². The van der Waals surface area contributed by atoms with Gasteiger partial charge in [-0.05, 0) is 0 Å². The Morgan fingerprint density at radius 1 is 1.25 bits per heavy atom. The Bertz CT molecular complexity index is 341. The standard InChI is InChI=1S/C9H17NO5S/c1-14-7-4-10(5-8(7)15-2)9(11)6-16(3,12)13/h7-8H,4-6H2,1-3H3/t7-,8+. The summed E-state index contributed by atoms with van der Waals surface area (Å²) >= 11 is 0. The van der Waals surface area contributed by atoms with Crippen molar-refractivity contribution in [3.63, 3.8) is 0 Å². The molecule has 94 valence electrons. The second-order valence-electron chi connectivity index (χ2n) is 3.92. The van der Waals surface area contributed by atoms with E-state index in [-0.39, 0.29) is 12.2 Å². The van der Waals surface area contributed by atoms with Gasteiger partial charge in [0.2, 0.25) is 5.91 Å². The molecule has 0 aromatic rings. The highest BCUT2D eigenvalue weighted by Gasteiger charge is 2.36. The van der Waals surface area contributed by atoms with Crippen molar-refractivity contribution in [2.24, 2.45) is 0 Å². The number of ether oxygens (including phenoxy) is 2. The molecule has 7 heteroatoms. The van der Waals surface area contributed by atoms with Crippen LogP contribution in [0.1, 0.15) is 0 Å². The summed E-state index contributed by atoms with van der Waals surface area (Å²) in [6.07, 6.45) is 0.671. The molecule has 0 aromatic heterocycles. The van der Waals surface area contributed by atoms with Gasteiger partial charge in [0.05, 0.1) is 0 Å². The van der Waals surface area contributed by atoms with Crippen LogP contribution in [-0.4, -0.2) is 70.8 Å². The summed E-state index contributed by atoms with van der Waals surface area (Å²) < 4.78 is 32.3. The Balaban J connectivity index is 2.61. The SMILES string of the molecule is CO[C@H]1CN(C(=O)CS(C)(=O)=O)C[C@H]1OC. The molecule has 1 aliphatic rings. The van der Waals surface area contributed by atoms with E-state index >= 15 is 0 Å². The molecule has 16 heavy (non-hydrogen) atoms. The first kappa shape index (κ1) is 13.4. The molecule has 0 aromatic carbocycles. The summed E-state index contributed by atoms with van der Waals surface area (Å²) in [5.74, 6) is -0.857. The average Bonchev–Trinajstić information content (AvgIpc) is 2.57. The molecular weight excluding hydrogens is 234 g/mol. The highest BCUT2D eigenvalue weighted by Crippen LogP contribution is 2.15. The van der Waals surface area contributed by atoms with Crippen LogP contribution in [0, 0.1) is 0 Å². The monoisotopic (exact) mass is 251 g/mol. The van der Waals surface area contributed by atoms with Crippen molar-refractivity contribution in [3.05, 3.63) is 0 Å². The Hall–Kier alpha value is -0.660. The number of nitrogens with zero attached hydrogens (tertiary/aromatic N) is 1. The molecule has 0 saturated carbocycles. The van der Waals surface area contributed by atoms with E-state index in [1.165, 1.54) is 4.90 Å². The number of sulfone groups is 1. The first-order valence-electron chi connectivity index (χ1n) is 4.88. The largest absolute Gasteiger partial charge is 0.377 e. The van der Waals surface area contributed by atoms with Crippen molar-refractivity contribution in [1.29, 1.82) is 0 Å². The van der Waals surface area contributed by atoms with Gasteiger partial charge in [0.15, 0.2) is 9.84 Å². The van der Waals surface area contributed by atoms with Crippen LogP contribution in [0.3, 0.4) is 0 Å². The number of hydrogen-bond acceptors (Lipinski definition) is 5. The zero-order valence-electron chi connectivity index (χ0n) is 9.67. The van der Waals surface area contributed by atoms with Gasteiger partial charge < -0.3 is 14.4 Å². The zero-order valence-corrected chi connectivity index (χ0v) is 10.5. The van der Waals surface area contributed by atoms with Crippen molar-refractivity contribution in [3.8, 4) is 0 Å². The molecule has 0 bridgehead atoms. The zero-order chi connectivity index (χ0) is 12.3. The lowest BCUT2D eigenvalue weighted by atomic mass is 10.3. The molecule has 0 unspecified atom stereocenters. The van der Waals surface area contributed by atoms with Crippen molar-refractivity contribution in [1.82, 2.24) is 4.90 Å². The fourth-order valence-electron chi connectivity index (χ4n) is 1.72. The third kappa shape index (κ3) is 3.43. The number of methoxy groups -OCH3 is 2. The van der Waals surface area contributed by atoms with E-state index < -0.39 is 21.5 Å². The highest BCUT2D eigenvalue weighted by molar-refractivity contribution is 7.91. The number of amides is 1. The Morgan fingerprint density at radius 3 is 2.00 bits per heavy atom. The molecule has 1 heterocycles. The summed E-state index contributed by atoms with van der Waals surface area (Å²) in [4.78, 5) is 13.1. The van der Waals surface area contributed by atoms with Gasteiger partial charge in [-0.1, -0.05) is 0 Å². The lowest BCUT2D eigenvalue weighted by Gasteiger charge is -2.14. The van der Waals surface area contributed by atoms with Crippen LogP contribution in [-0.2, 0) is 24.1 Å². The molecular formula is C9H17NO5S. The molecule has 1 rings (SSSR count). The Labute approximate surface area is 95.4 Å². The lowest BCUT2D eigenvalue weighted by Crippen LogP contribution is -2.34. The number of carbonyl (C=O) groups excluding carboxylic acids is 1. The molecule has 0 radical (unpaired) electrons. The third-order valence-corrected chi connectivity index (χ3v) is 3.33. The summed E-state index contributed by atoms with van der Waals surface area (Å²) in [6, 6.07) is 0. The molecule has 1 aliphatic heterocycles. The van der Waals surface area contributed by atoms with Crippen molar-refractivity contribution in [2.45, 2.75) is 12.2 Å². The van der Waals surface area contributed by atoms with Crippen LogP contribution in [0.4, 0.5) is 0 Å². The van der Waals surface area contributed by atoms with Crippen LogP contribution in [0.25, 0.3) is 0 Å². The lowest BCUT2D eigenvalue weighted by molar-refractivity contribution is -0.128. The van der Waals surface area contributed by atoms with Crippen molar-refractivity contribution >= 4 is 15.7 Å². The minimum Gasteiger partial charge on any atom is -0.377 e. The fourth-order valence-corrected chi connectivity index (χ4v) is 2.35. The van der Waals surface area contributed by atoms with Crippen molar-refractivity contribution < 1.29 is 22.7 Å². The molecule has 1 amide bonds. The van der Waals surface area contributed by atoms with Crippen molar-refractivity contribution in [2.75, 3.05) is 39.3 Å². The molecule has 0 N–H and O–H groups in total. The van der Waals surface area contributed by atoms with Gasteiger partial charge in [-0.3, -0.25) is 4.79 Å². The number of rotatable bonds is 4. The highest BCUT2D eigenvalue weighted by atomic mass is 32.2. The van der Waals surface area contributed by atoms with Crippen LogP contribution in [0.15, 0.2) is 0 Å². The predicted octanol–water partition coefficient (Wildman–Crippen LogP) is -1.10. The van der Waals surface area contributed by atoms with Gasteiger partial charge in [0, 0.05) is 33.6 Å². The van der Waals surface area contributed by atoms with E-state index in [0.717, 1.165) is 6.26 Å². The minimum absolute atomic E-state index is 0.187. The number of carbonyl (C=O) groups is 1. The van der Waals surface area contributed by atoms with Gasteiger partial charge in [0.1, 0.15) is 18.0 Å². The van der Waals surface area contributed by atoms with E-state index in [1.54, 1.807) is 14.2 Å². The van der Waals surface area contributed by atoms with E-state index in [9.17, 15) is 13.2 Å². The second kappa shape index (κ2) is 5.11. The second-order valence-corrected chi connectivity index (χ2v) is 6.06. The Morgan fingerprint density at radius 2 is 1.69 bits per heavy atom. The van der Waals surface area contributed by atoms with E-state index in [0.29, 0.717) is 13.1 Å². The summed E-state index contributed by atoms with van der Waals surface area (Å²) in [6.45, 7) is 0.757. The maximum atomic E-state index is 11.6. The van der Waals surface area contributed by atoms with Gasteiger partial charge in [-0.15, -0.1) is 0 Å². The smallest absolute Gasteiger partial charge is 0.237 e. The molecule has 0 spiro atoms. The maximum Gasteiger partial charge on any atom is 0.237 e. The first-order valence-corrected chi connectivity index (χ1v) is 6.94. The van der Waals surface area contributed by atoms with Gasteiger partial charge in [-0.2, -0.15) is 0 Å². The molecule has 6 nitrogen and oxygen atoms in total.